The first kappa shape index (κ1) is 24.6. The molecule has 0 aliphatic carbocycles. The van der Waals surface area contributed by atoms with Crippen LogP contribution in [0.4, 0.5) is 10.5 Å². The van der Waals surface area contributed by atoms with Crippen LogP contribution in [-0.2, 0) is 11.3 Å². The molecule has 3 aliphatic heterocycles. The Kier molecular flexibility index (Phi) is 6.19. The molecule has 4 amide bonds. The number of amides is 4. The second-order valence-electron chi connectivity index (χ2n) is 9.89. The summed E-state index contributed by atoms with van der Waals surface area (Å²) in [5.74, 6) is -0.456. The van der Waals surface area contributed by atoms with Gasteiger partial charge in [-0.1, -0.05) is 24.3 Å². The van der Waals surface area contributed by atoms with Crippen molar-refractivity contribution in [1.82, 2.24) is 20.9 Å². The van der Waals surface area contributed by atoms with Crippen molar-refractivity contribution in [3.63, 3.8) is 0 Å². The average molecular weight is 514 g/mol. The highest BCUT2D eigenvalue weighted by Crippen LogP contribution is 2.55. The molecule has 36 heavy (non-hydrogen) atoms. The Labute approximate surface area is 211 Å². The summed E-state index contributed by atoms with van der Waals surface area (Å²) in [5.41, 5.74) is 1.05. The Morgan fingerprint density at radius 1 is 1.17 bits per heavy atom. The lowest BCUT2D eigenvalue weighted by atomic mass is 9.93. The highest BCUT2D eigenvalue weighted by Gasteiger charge is 2.58. The summed E-state index contributed by atoms with van der Waals surface area (Å²) in [6.45, 7) is 5.88. The molecule has 0 saturated carbocycles. The number of imide groups is 1. The number of hydrogen-bond donors (Lipinski definition) is 5. The highest BCUT2D eigenvalue weighted by atomic mass is 32.3. The molecule has 2 aromatic rings. The molecule has 2 fully saturated rings. The number of urea groups is 1. The Morgan fingerprint density at radius 2 is 1.89 bits per heavy atom. The van der Waals surface area contributed by atoms with Crippen molar-refractivity contribution in [3.8, 4) is 0 Å². The van der Waals surface area contributed by atoms with Crippen LogP contribution in [0.5, 0.6) is 0 Å². The van der Waals surface area contributed by atoms with Crippen molar-refractivity contribution in [3.05, 3.63) is 59.7 Å². The van der Waals surface area contributed by atoms with Gasteiger partial charge in [0.25, 0.3) is 11.8 Å². The van der Waals surface area contributed by atoms with E-state index in [0.29, 0.717) is 36.6 Å². The van der Waals surface area contributed by atoms with E-state index in [1.54, 1.807) is 24.3 Å². The van der Waals surface area contributed by atoms with Crippen molar-refractivity contribution in [1.29, 1.82) is 0 Å². The molecular formula is C25H31N5O5S. The largest absolute Gasteiger partial charge is 0.364 e. The minimum Gasteiger partial charge on any atom is -0.364 e. The van der Waals surface area contributed by atoms with E-state index in [9.17, 15) is 23.5 Å². The fourth-order valence-electron chi connectivity index (χ4n) is 5.16. The predicted molar refractivity (Wildman–Crippen MR) is 137 cm³/mol. The molecule has 192 valence electrons. The van der Waals surface area contributed by atoms with Crippen molar-refractivity contribution < 1.29 is 23.5 Å². The molecular weight excluding hydrogens is 482 g/mol. The first-order chi connectivity index (χ1) is 17.1. The third-order valence-electron chi connectivity index (χ3n) is 7.26. The summed E-state index contributed by atoms with van der Waals surface area (Å²) < 4.78 is 20.8. The number of carbonyl (C=O) groups excluding carboxylic acids is 3. The molecule has 3 aliphatic rings. The molecule has 1 spiro atoms. The smallest absolute Gasteiger partial charge is 0.322 e. The number of likely N-dealkylation sites (tertiary alicyclic amines) is 1. The fourth-order valence-corrected chi connectivity index (χ4v) is 6.68. The molecule has 3 heterocycles. The third-order valence-corrected chi connectivity index (χ3v) is 9.06. The zero-order valence-corrected chi connectivity index (χ0v) is 21.0. The summed E-state index contributed by atoms with van der Waals surface area (Å²) in [5, 5.41) is 8.02. The zero-order valence-electron chi connectivity index (χ0n) is 20.2. The van der Waals surface area contributed by atoms with E-state index in [0.717, 1.165) is 11.3 Å². The first-order valence-electron chi connectivity index (χ1n) is 12.0. The van der Waals surface area contributed by atoms with Gasteiger partial charge in [0.1, 0.15) is 0 Å². The minimum atomic E-state index is -2.78. The zero-order chi connectivity index (χ0) is 25.7. The number of nitrogens with one attached hydrogen (secondary N) is 3. The lowest BCUT2D eigenvalue weighted by Gasteiger charge is -2.43. The maximum absolute atomic E-state index is 13.1. The Hall–Kier alpha value is -3.12. The van der Waals surface area contributed by atoms with Crippen LogP contribution in [0.25, 0.3) is 0 Å². The summed E-state index contributed by atoms with van der Waals surface area (Å²) in [7, 11) is -2.78. The Morgan fingerprint density at radius 3 is 2.56 bits per heavy atom. The number of para-hydroxylation sites is 1. The topological polar surface area (TPSA) is 134 Å². The van der Waals surface area contributed by atoms with Crippen molar-refractivity contribution >= 4 is 34.1 Å². The van der Waals surface area contributed by atoms with Gasteiger partial charge in [-0.15, -0.1) is 0 Å². The van der Waals surface area contributed by atoms with Gasteiger partial charge in [-0.2, -0.15) is 10.6 Å². The number of fused-ring (bicyclic) bond motifs is 1. The highest BCUT2D eigenvalue weighted by molar-refractivity contribution is 8.24. The van der Waals surface area contributed by atoms with Gasteiger partial charge in [0, 0.05) is 37.8 Å². The summed E-state index contributed by atoms with van der Waals surface area (Å²) in [4.78, 5) is 42.4. The van der Waals surface area contributed by atoms with Gasteiger partial charge < -0.3 is 15.5 Å². The standard InChI is InChI=1S/C25H31N5O5S/c1-16(2)30-14-21(25(15-30)23(32)27-24(33)28-25)26-22(31)18-9-7-17(8-10-18)13-29-11-12-36(34,35)20-6-4-3-5-19(20)29/h3-10,16,21,34-35H,11-15H2,1-2H3,(H,26,31)(H2,27,28,32,33). The van der Waals surface area contributed by atoms with Gasteiger partial charge in [-0.3, -0.25) is 28.9 Å². The second kappa shape index (κ2) is 9.07. The Balaban J connectivity index is 1.29. The molecule has 2 aromatic carbocycles. The van der Waals surface area contributed by atoms with E-state index in [2.05, 4.69) is 25.8 Å². The molecule has 5 rings (SSSR count). The molecule has 11 heteroatoms. The first-order valence-corrected chi connectivity index (χ1v) is 13.7. The van der Waals surface area contributed by atoms with Gasteiger partial charge in [0.15, 0.2) is 5.54 Å². The van der Waals surface area contributed by atoms with Crippen LogP contribution in [0, 0.1) is 0 Å². The lowest BCUT2D eigenvalue weighted by Crippen LogP contribution is -2.62. The van der Waals surface area contributed by atoms with Gasteiger partial charge in [-0.25, -0.2) is 4.79 Å². The van der Waals surface area contributed by atoms with E-state index in [4.69, 9.17) is 0 Å². The quantitative estimate of drug-likeness (QED) is 0.387. The summed E-state index contributed by atoms with van der Waals surface area (Å²) >= 11 is 0. The van der Waals surface area contributed by atoms with Crippen LogP contribution in [0.3, 0.4) is 0 Å². The number of nitrogens with zero attached hydrogens (tertiary/aromatic N) is 2. The van der Waals surface area contributed by atoms with Crippen molar-refractivity contribution in [2.75, 3.05) is 30.3 Å². The summed E-state index contributed by atoms with van der Waals surface area (Å²) in [6, 6.07) is 13.6. The number of hydrogen-bond acceptors (Lipinski definition) is 7. The van der Waals surface area contributed by atoms with Crippen LogP contribution in [0.1, 0.15) is 29.8 Å². The van der Waals surface area contributed by atoms with Crippen molar-refractivity contribution in [2.45, 2.75) is 42.9 Å². The molecule has 2 atom stereocenters. The van der Waals surface area contributed by atoms with Crippen LogP contribution in [0.15, 0.2) is 53.4 Å². The van der Waals surface area contributed by atoms with E-state index in [1.807, 2.05) is 38.1 Å². The fraction of sp³-hybridized carbons (Fsp3) is 0.400. The normalized spacial score (nSPS) is 26.0. The van der Waals surface area contributed by atoms with E-state index < -0.39 is 34.1 Å². The monoisotopic (exact) mass is 513 g/mol. The van der Waals surface area contributed by atoms with Crippen LogP contribution >= 0.6 is 10.6 Å². The molecule has 0 radical (unpaired) electrons. The second-order valence-corrected chi connectivity index (χ2v) is 12.1. The SMILES string of the molecule is CC(C)N1CC(NC(=O)c2ccc(CN3CCS(O)(O)c4ccccc43)cc2)C2(C1)NC(=O)NC2=O. The van der Waals surface area contributed by atoms with E-state index in [-0.39, 0.29) is 17.7 Å². The maximum Gasteiger partial charge on any atom is 0.322 e. The summed E-state index contributed by atoms with van der Waals surface area (Å²) in [6.07, 6.45) is 0. The van der Waals surface area contributed by atoms with Crippen LogP contribution in [-0.4, -0.2) is 74.9 Å². The van der Waals surface area contributed by atoms with Crippen molar-refractivity contribution in [2.24, 2.45) is 0 Å². The molecule has 0 aromatic heterocycles. The van der Waals surface area contributed by atoms with E-state index in [1.165, 1.54) is 0 Å². The molecule has 5 N–H and O–H groups in total. The van der Waals surface area contributed by atoms with Gasteiger partial charge >= 0.3 is 6.03 Å². The van der Waals surface area contributed by atoms with Gasteiger partial charge in [-0.05, 0) is 43.7 Å². The molecule has 0 bridgehead atoms. The average Bonchev–Trinajstić information content (AvgIpc) is 3.35. The van der Waals surface area contributed by atoms with E-state index >= 15 is 0 Å². The molecule has 10 nitrogen and oxygen atoms in total. The molecule has 2 saturated heterocycles. The van der Waals surface area contributed by atoms with Crippen LogP contribution < -0.4 is 20.9 Å². The Bertz CT molecular complexity index is 1200. The number of carbonyl (C=O) groups is 3. The van der Waals surface area contributed by atoms with Gasteiger partial charge in [0.2, 0.25) is 0 Å². The number of rotatable bonds is 5. The minimum absolute atomic E-state index is 0.150. The number of benzene rings is 2. The predicted octanol–water partition coefficient (Wildman–Crippen LogP) is 2.22. The third kappa shape index (κ3) is 4.32. The maximum atomic E-state index is 13.1. The van der Waals surface area contributed by atoms with Gasteiger partial charge in [0.05, 0.1) is 22.4 Å². The molecule has 2 unspecified atom stereocenters. The lowest BCUT2D eigenvalue weighted by molar-refractivity contribution is -0.124. The number of anilines is 1. The van der Waals surface area contributed by atoms with Crippen LogP contribution in [0.2, 0.25) is 0 Å².